The first-order valence-corrected chi connectivity index (χ1v) is 11.1. The van der Waals surface area contributed by atoms with Crippen molar-refractivity contribution in [1.29, 1.82) is 0 Å². The van der Waals surface area contributed by atoms with E-state index in [1.807, 2.05) is 91.0 Å². The zero-order valence-electron chi connectivity index (χ0n) is 18.3. The van der Waals surface area contributed by atoms with Crippen molar-refractivity contribution in [2.24, 2.45) is 0 Å². The summed E-state index contributed by atoms with van der Waals surface area (Å²) in [6, 6.07) is 28.6. The van der Waals surface area contributed by atoms with E-state index in [2.05, 4.69) is 0 Å². The predicted octanol–water partition coefficient (Wildman–Crippen LogP) is 2.84. The van der Waals surface area contributed by atoms with Crippen LogP contribution in [0.5, 0.6) is 0 Å². The minimum atomic E-state index is -1.33. The standard InChI is InChI=1S/C27H30O6/c28-22-23(29)26(32-17-20-12-6-2-7-13-20)27(33-18-21-14-8-3-9-15-21)24(30)25(22)31-16-19-10-4-1-5-11-19/h1-15,22-30H,16-18H2/t22-,23+,24-,25+,26+,27+/m0/s1. The van der Waals surface area contributed by atoms with Crippen molar-refractivity contribution in [3.63, 3.8) is 0 Å². The fourth-order valence-corrected chi connectivity index (χ4v) is 4.05. The summed E-state index contributed by atoms with van der Waals surface area (Å²) in [5.41, 5.74) is 2.74. The minimum Gasteiger partial charge on any atom is -0.387 e. The van der Waals surface area contributed by atoms with Crippen molar-refractivity contribution < 1.29 is 29.5 Å². The zero-order valence-corrected chi connectivity index (χ0v) is 18.3. The largest absolute Gasteiger partial charge is 0.387 e. The Balaban J connectivity index is 1.49. The molecule has 6 nitrogen and oxygen atoms in total. The molecule has 0 heterocycles. The average Bonchev–Trinajstić information content (AvgIpc) is 2.86. The second kappa shape index (κ2) is 11.5. The summed E-state index contributed by atoms with van der Waals surface area (Å²) in [7, 11) is 0. The molecule has 0 radical (unpaired) electrons. The van der Waals surface area contributed by atoms with Crippen LogP contribution >= 0.6 is 0 Å². The Morgan fingerprint density at radius 1 is 0.424 bits per heavy atom. The van der Waals surface area contributed by atoms with E-state index in [9.17, 15) is 15.3 Å². The molecule has 0 unspecified atom stereocenters. The maximum atomic E-state index is 11.1. The molecule has 6 heteroatoms. The minimum absolute atomic E-state index is 0.188. The summed E-state index contributed by atoms with van der Waals surface area (Å²) in [6.07, 6.45) is -6.68. The van der Waals surface area contributed by atoms with Gasteiger partial charge in [0.05, 0.1) is 19.8 Å². The van der Waals surface area contributed by atoms with Crippen LogP contribution in [0.25, 0.3) is 0 Å². The van der Waals surface area contributed by atoms with Crippen molar-refractivity contribution >= 4 is 0 Å². The quantitative estimate of drug-likeness (QED) is 0.465. The van der Waals surface area contributed by atoms with Crippen LogP contribution in [0.4, 0.5) is 0 Å². The van der Waals surface area contributed by atoms with Crippen LogP contribution in [0.15, 0.2) is 91.0 Å². The van der Waals surface area contributed by atoms with E-state index in [1.165, 1.54) is 0 Å². The van der Waals surface area contributed by atoms with Crippen molar-refractivity contribution in [3.05, 3.63) is 108 Å². The van der Waals surface area contributed by atoms with Crippen LogP contribution in [0.3, 0.4) is 0 Å². The number of aliphatic hydroxyl groups is 3. The number of benzene rings is 3. The lowest BCUT2D eigenvalue weighted by atomic mass is 9.84. The second-order valence-corrected chi connectivity index (χ2v) is 8.26. The van der Waals surface area contributed by atoms with E-state index in [4.69, 9.17) is 14.2 Å². The summed E-state index contributed by atoms with van der Waals surface area (Å²) in [4.78, 5) is 0. The Labute approximate surface area is 194 Å². The van der Waals surface area contributed by atoms with Gasteiger partial charge in [-0.25, -0.2) is 0 Å². The SMILES string of the molecule is O[C@@H]1[C@H](O)[C@@H](OCc2ccccc2)[C@H](O)[C@@H](OCc2ccccc2)[C@@H]1OCc1ccccc1. The maximum Gasteiger partial charge on any atom is 0.115 e. The molecule has 0 aliphatic heterocycles. The topological polar surface area (TPSA) is 88.4 Å². The third kappa shape index (κ3) is 6.06. The Morgan fingerprint density at radius 3 is 1.12 bits per heavy atom. The Kier molecular flexibility index (Phi) is 8.23. The highest BCUT2D eigenvalue weighted by Gasteiger charge is 2.51. The van der Waals surface area contributed by atoms with Crippen molar-refractivity contribution in [2.75, 3.05) is 0 Å². The van der Waals surface area contributed by atoms with Crippen molar-refractivity contribution in [3.8, 4) is 0 Å². The summed E-state index contributed by atoms with van der Waals surface area (Å²) in [5.74, 6) is 0. The van der Waals surface area contributed by atoms with Crippen LogP contribution in [-0.4, -0.2) is 51.9 Å². The van der Waals surface area contributed by atoms with Gasteiger partial charge in [0.25, 0.3) is 0 Å². The highest BCUT2D eigenvalue weighted by molar-refractivity contribution is 5.16. The molecule has 1 saturated carbocycles. The molecule has 0 saturated heterocycles. The molecular weight excluding hydrogens is 420 g/mol. The number of hydrogen-bond acceptors (Lipinski definition) is 6. The summed E-state index contributed by atoms with van der Waals surface area (Å²) in [5, 5.41) is 32.8. The van der Waals surface area contributed by atoms with Crippen LogP contribution in [0.2, 0.25) is 0 Å². The molecule has 1 fully saturated rings. The second-order valence-electron chi connectivity index (χ2n) is 8.26. The van der Waals surface area contributed by atoms with E-state index in [0.29, 0.717) is 0 Å². The molecule has 3 aromatic carbocycles. The van der Waals surface area contributed by atoms with Crippen LogP contribution in [0.1, 0.15) is 16.7 Å². The molecular formula is C27H30O6. The molecule has 0 spiro atoms. The van der Waals surface area contributed by atoms with E-state index in [-0.39, 0.29) is 19.8 Å². The molecule has 0 bridgehead atoms. The molecule has 0 amide bonds. The van der Waals surface area contributed by atoms with Gasteiger partial charge in [0.15, 0.2) is 0 Å². The molecule has 6 atom stereocenters. The van der Waals surface area contributed by atoms with E-state index >= 15 is 0 Å². The van der Waals surface area contributed by atoms with Gasteiger partial charge in [0.2, 0.25) is 0 Å². The van der Waals surface area contributed by atoms with Crippen molar-refractivity contribution in [2.45, 2.75) is 56.4 Å². The Morgan fingerprint density at radius 2 is 0.727 bits per heavy atom. The molecule has 4 rings (SSSR count). The summed E-state index contributed by atoms with van der Waals surface area (Å²) >= 11 is 0. The Bertz CT molecular complexity index is 952. The molecule has 1 aliphatic rings. The molecule has 0 aromatic heterocycles. The lowest BCUT2D eigenvalue weighted by molar-refractivity contribution is -0.262. The van der Waals surface area contributed by atoms with Gasteiger partial charge in [-0.1, -0.05) is 91.0 Å². The number of rotatable bonds is 9. The van der Waals surface area contributed by atoms with E-state index in [0.717, 1.165) is 16.7 Å². The molecule has 3 N–H and O–H groups in total. The molecule has 33 heavy (non-hydrogen) atoms. The van der Waals surface area contributed by atoms with Gasteiger partial charge in [-0.15, -0.1) is 0 Å². The first kappa shape index (κ1) is 23.6. The van der Waals surface area contributed by atoms with Crippen LogP contribution < -0.4 is 0 Å². The highest BCUT2D eigenvalue weighted by Crippen LogP contribution is 2.30. The predicted molar refractivity (Wildman–Crippen MR) is 123 cm³/mol. The molecule has 174 valence electrons. The van der Waals surface area contributed by atoms with Gasteiger partial charge in [-0.2, -0.15) is 0 Å². The fourth-order valence-electron chi connectivity index (χ4n) is 4.05. The normalized spacial score (nSPS) is 27.4. The van der Waals surface area contributed by atoms with Gasteiger partial charge in [-0.05, 0) is 16.7 Å². The first-order chi connectivity index (χ1) is 16.1. The summed E-state index contributed by atoms with van der Waals surface area (Å²) < 4.78 is 17.9. The Hall–Kier alpha value is -2.58. The van der Waals surface area contributed by atoms with Gasteiger partial charge < -0.3 is 29.5 Å². The highest BCUT2D eigenvalue weighted by atomic mass is 16.6. The molecule has 1 aliphatic carbocycles. The third-order valence-corrected chi connectivity index (χ3v) is 5.88. The first-order valence-electron chi connectivity index (χ1n) is 11.1. The van der Waals surface area contributed by atoms with Gasteiger partial charge >= 0.3 is 0 Å². The number of hydrogen-bond donors (Lipinski definition) is 3. The summed E-state index contributed by atoms with van der Waals surface area (Å²) in [6.45, 7) is 0.623. The lowest BCUT2D eigenvalue weighted by Crippen LogP contribution is -2.65. The fraction of sp³-hybridized carbons (Fsp3) is 0.333. The maximum absolute atomic E-state index is 11.1. The van der Waals surface area contributed by atoms with E-state index < -0.39 is 36.6 Å². The van der Waals surface area contributed by atoms with Crippen LogP contribution in [0, 0.1) is 0 Å². The van der Waals surface area contributed by atoms with Gasteiger partial charge in [-0.3, -0.25) is 0 Å². The van der Waals surface area contributed by atoms with Gasteiger partial charge in [0.1, 0.15) is 36.6 Å². The van der Waals surface area contributed by atoms with E-state index in [1.54, 1.807) is 0 Å². The van der Waals surface area contributed by atoms with Gasteiger partial charge in [0, 0.05) is 0 Å². The van der Waals surface area contributed by atoms with Crippen LogP contribution in [-0.2, 0) is 34.0 Å². The molecule has 3 aromatic rings. The van der Waals surface area contributed by atoms with Crippen molar-refractivity contribution in [1.82, 2.24) is 0 Å². The zero-order chi connectivity index (χ0) is 23.0. The number of aliphatic hydroxyl groups excluding tert-OH is 3. The third-order valence-electron chi connectivity index (χ3n) is 5.88. The smallest absolute Gasteiger partial charge is 0.115 e. The monoisotopic (exact) mass is 450 g/mol. The number of ether oxygens (including phenoxy) is 3. The average molecular weight is 451 g/mol. The lowest BCUT2D eigenvalue weighted by Gasteiger charge is -2.45.